The van der Waals surface area contributed by atoms with E-state index in [4.69, 9.17) is 121 Å². The van der Waals surface area contributed by atoms with E-state index in [0.717, 1.165) is 89.5 Å². The van der Waals surface area contributed by atoms with Gasteiger partial charge in [-0.15, -0.1) is 6.58 Å². The van der Waals surface area contributed by atoms with Crippen LogP contribution in [0.3, 0.4) is 0 Å². The van der Waals surface area contributed by atoms with Gasteiger partial charge in [0, 0.05) is 236 Å². The number of carbonyl (C=O) groups is 1. The van der Waals surface area contributed by atoms with Gasteiger partial charge in [0.05, 0.1) is 12.6 Å². The molecular weight excluding hydrogens is 1500 g/mol. The van der Waals surface area contributed by atoms with Crippen LogP contribution in [0.15, 0.2) is 17.6 Å². The van der Waals surface area contributed by atoms with Crippen molar-refractivity contribution >= 4 is 73.7 Å². The maximum atomic E-state index is 10.5. The molecule has 638 valence electrons. The number of rotatable bonds is 67. The van der Waals surface area contributed by atoms with Crippen molar-refractivity contribution in [3.05, 3.63) is 12.7 Å². The van der Waals surface area contributed by atoms with Gasteiger partial charge in [-0.05, 0) is 162 Å². The summed E-state index contributed by atoms with van der Waals surface area (Å²) in [4.78, 5) is 23.7. The van der Waals surface area contributed by atoms with Crippen molar-refractivity contribution in [1.29, 1.82) is 5.26 Å². The molecule has 2 amide bonds. The lowest BCUT2D eigenvalue weighted by atomic mass is 10.4. The Labute approximate surface area is 651 Å². The predicted molar refractivity (Wildman–Crippen MR) is 435 cm³/mol. The molecule has 106 heavy (non-hydrogen) atoms. The minimum Gasteiger partial charge on any atom is -0.377 e. The van der Waals surface area contributed by atoms with Gasteiger partial charge in [-0.2, -0.15) is 5.26 Å². The number of amides is 2. The van der Waals surface area contributed by atoms with E-state index in [0.29, 0.717) is 169 Å². The molecule has 0 aromatic heterocycles. The molecule has 0 radical (unpaired) electrons. The van der Waals surface area contributed by atoms with Crippen LogP contribution in [0.1, 0.15) is 149 Å². The molecule has 0 aliphatic rings. The van der Waals surface area contributed by atoms with Crippen LogP contribution in [0.25, 0.3) is 0 Å². The van der Waals surface area contributed by atoms with Crippen molar-refractivity contribution in [2.75, 3.05) is 214 Å². The molecule has 0 saturated heterocycles. The fourth-order valence-corrected chi connectivity index (χ4v) is 25.7. The van der Waals surface area contributed by atoms with Gasteiger partial charge in [-0.3, -0.25) is 0 Å². The highest BCUT2D eigenvalue weighted by molar-refractivity contribution is 6.63. The van der Waals surface area contributed by atoms with Crippen LogP contribution in [0.5, 0.6) is 0 Å². The fourth-order valence-electron chi connectivity index (χ4n) is 9.51. The Balaban J connectivity index is -0.000000217. The molecule has 0 aromatic carbocycles. The van der Waals surface area contributed by atoms with Gasteiger partial charge in [0.1, 0.15) is 0 Å². The average Bonchev–Trinajstić information content (AvgIpc) is 0.897. The number of nitrogens with zero attached hydrogens (tertiary/aromatic N) is 2. The van der Waals surface area contributed by atoms with Crippen LogP contribution in [0.4, 0.5) is 4.79 Å². The zero-order valence-electron chi connectivity index (χ0n) is 70.2. The number of nitrogens with two attached hydrogens (primary N) is 4. The molecule has 0 spiro atoms. The van der Waals surface area contributed by atoms with Crippen LogP contribution >= 0.6 is 0 Å². The molecule has 0 aliphatic heterocycles. The lowest BCUT2D eigenvalue weighted by molar-refractivity contribution is 0.0700. The Kier molecular flexibility index (Phi) is 95.1. The number of carbonyl (C=O) groups excluding carboxylic acids is 2. The third-order valence-electron chi connectivity index (χ3n) is 13.8. The van der Waals surface area contributed by atoms with Crippen LogP contribution in [-0.4, -0.2) is 287 Å². The van der Waals surface area contributed by atoms with Crippen LogP contribution in [0, 0.1) is 11.3 Å². The SMILES string of the molecule is C=CC[Si](OCC)(OCC)OCC.CCO[Si](CCCN)(OCC)OCC.CCO[Si](CCCNC(N)=O)(OCC)OCC.CCO[Si](CCCNCCN)(OCC)OCC.CCO[Si](CCCNCCNCCN)(OCC)OCC.CO[Si](CCCC#N)(OC)OC.CO[Si](CCCN=C=O)(OC)OC. The molecule has 0 unspecified atom stereocenters. The smallest absolute Gasteiger partial charge is 0.377 e. The van der Waals surface area contributed by atoms with Crippen LogP contribution in [0.2, 0.25) is 42.3 Å². The van der Waals surface area contributed by atoms with Gasteiger partial charge in [0.2, 0.25) is 6.08 Å². The highest BCUT2D eigenvalue weighted by atomic mass is 28.4. The Morgan fingerprint density at radius 2 is 0.623 bits per heavy atom. The molecule has 0 aliphatic carbocycles. The van der Waals surface area contributed by atoms with Crippen molar-refractivity contribution in [3.8, 4) is 6.07 Å². The number of unbranched alkanes of at least 4 members (excludes halogenated alkanes) is 1. The number of isocyanates is 1. The van der Waals surface area contributed by atoms with E-state index in [9.17, 15) is 9.59 Å². The first kappa shape index (κ1) is 118. The van der Waals surface area contributed by atoms with E-state index in [1.54, 1.807) is 48.7 Å². The second-order valence-electron chi connectivity index (χ2n) is 21.4. The molecule has 0 atom stereocenters. The topological polar surface area (TPSA) is 416 Å². The van der Waals surface area contributed by atoms with Gasteiger partial charge < -0.3 is 137 Å². The molecule has 0 bridgehead atoms. The number of allylic oxidation sites excluding steroid dienone is 1. The standard InChI is InChI=1S/C13H33N3O3Si.C11H28N2O3Si.C10H24N2O4Si.C9H23NO3Si.C9H20O3Si.C7H15NO4Si.C7H15NO3Si/c1-4-17-20(18-5-2,19-6-3)13-7-9-15-11-12-16-10-8-14;1-4-14-17(15-5-2,16-6-3)11-7-9-13-10-8-12;1-4-14-17(15-5-2,16-6-3)9-7-8-12-10(11)13;1-4-11-14(12-5-2,13-6-3)9-7-8-10;1-5-9-13(10-6-2,11-7-3)12-8-4;1-10-13(11-2,12-3)6-4-5-8-7-9;1-9-12(10-2,11-3)7-5-4-6-8/h15-16H,4-14H2,1-3H3;13H,4-12H2,1-3H3;4-9H2,1-3H3,(H3,11,12,13);4-10H2,1-3H3;5H,1,6-9H2,2-4H3;4-6H2,1-3H3;4-5,7H2,1-3H3. The summed E-state index contributed by atoms with van der Waals surface area (Å²) in [5.74, 6) is 0. The third-order valence-corrected chi connectivity index (χ3v) is 35.0. The Hall–Kier alpha value is -1.68. The lowest BCUT2D eigenvalue weighted by Gasteiger charge is -2.28. The molecule has 0 rings (SSSR count). The first-order chi connectivity index (χ1) is 51.1. The highest BCUT2D eigenvalue weighted by Crippen LogP contribution is 2.22. The summed E-state index contributed by atoms with van der Waals surface area (Å²) >= 11 is 0. The number of hydrogen-bond acceptors (Lipinski definition) is 31. The monoisotopic (exact) mass is 1650 g/mol. The third kappa shape index (κ3) is 66.9. The second kappa shape index (κ2) is 85.7. The normalized spacial score (nSPS) is 11.7. The van der Waals surface area contributed by atoms with Crippen LogP contribution < -0.4 is 44.2 Å². The minimum absolute atomic E-state index is 0.439. The molecule has 40 heteroatoms. The predicted octanol–water partition coefficient (Wildman–Crippen LogP) is 7.99. The summed E-state index contributed by atoms with van der Waals surface area (Å²) in [6.45, 7) is 50.9. The zero-order valence-corrected chi connectivity index (χ0v) is 77.2. The van der Waals surface area contributed by atoms with Crippen molar-refractivity contribution in [2.45, 2.75) is 191 Å². The average molecular weight is 1660 g/mol. The minimum atomic E-state index is -2.56. The van der Waals surface area contributed by atoms with E-state index in [2.05, 4.69) is 38.9 Å². The number of hydrogen-bond donors (Lipinski definition) is 8. The van der Waals surface area contributed by atoms with Crippen molar-refractivity contribution in [3.63, 3.8) is 0 Å². The van der Waals surface area contributed by atoms with Crippen molar-refractivity contribution < 1.29 is 103 Å². The van der Waals surface area contributed by atoms with Gasteiger partial charge in [0.25, 0.3) is 0 Å². The number of nitriles is 1. The van der Waals surface area contributed by atoms with Crippen molar-refractivity contribution in [1.82, 2.24) is 21.3 Å². The van der Waals surface area contributed by atoms with E-state index < -0.39 is 67.7 Å². The number of urea groups is 1. The van der Waals surface area contributed by atoms with E-state index in [-0.39, 0.29) is 0 Å². The fraction of sp³-hybridized carbons (Fsp3) is 0.924. The first-order valence-corrected chi connectivity index (χ1v) is 51.8. The highest BCUT2D eigenvalue weighted by Gasteiger charge is 2.44. The summed E-state index contributed by atoms with van der Waals surface area (Å²) in [7, 11) is -7.71. The zero-order chi connectivity index (χ0) is 81.9. The first-order valence-electron chi connectivity index (χ1n) is 38.2. The molecule has 0 saturated carbocycles. The lowest BCUT2D eigenvalue weighted by Crippen LogP contribution is -2.46. The van der Waals surface area contributed by atoms with E-state index in [1.165, 1.54) is 6.08 Å². The largest absolute Gasteiger partial charge is 0.504 e. The molecule has 12 N–H and O–H groups in total. The molecule has 0 heterocycles. The summed E-state index contributed by atoms with van der Waals surface area (Å²) in [6, 6.07) is 6.82. The molecule has 0 aromatic rings. The molecular formula is C66H158N10O23Si7. The Morgan fingerprint density at radius 1 is 0.368 bits per heavy atom. The Morgan fingerprint density at radius 3 is 0.868 bits per heavy atom. The van der Waals surface area contributed by atoms with Gasteiger partial charge in [-0.25, -0.2) is 14.6 Å². The summed E-state index contributed by atoms with van der Waals surface area (Å²) in [5, 5.41) is 20.8. The maximum Gasteiger partial charge on any atom is 0.504 e. The second-order valence-corrected chi connectivity index (χ2v) is 41.2. The summed E-state index contributed by atoms with van der Waals surface area (Å²) in [5.41, 5.74) is 21.3. The molecule has 0 fully saturated rings. The molecule has 33 nitrogen and oxygen atoms in total. The Bertz CT molecular complexity index is 1830. The summed E-state index contributed by atoms with van der Waals surface area (Å²) in [6.07, 6.45) is 8.88. The van der Waals surface area contributed by atoms with Gasteiger partial charge in [0.15, 0.2) is 0 Å². The number of aliphatic imine (C=N–C) groups is 1. The maximum absolute atomic E-state index is 10.5. The number of primary amides is 1. The quantitative estimate of drug-likeness (QED) is 0.00939. The van der Waals surface area contributed by atoms with Crippen LogP contribution in [-0.2, 0) is 97.7 Å². The summed E-state index contributed by atoms with van der Waals surface area (Å²) < 4.78 is 116. The van der Waals surface area contributed by atoms with Crippen molar-refractivity contribution in [2.24, 2.45) is 27.9 Å². The van der Waals surface area contributed by atoms with Gasteiger partial charge >= 0.3 is 67.7 Å². The van der Waals surface area contributed by atoms with E-state index >= 15 is 0 Å². The van der Waals surface area contributed by atoms with E-state index in [1.807, 2.05) is 104 Å². The number of nitrogens with one attached hydrogen (secondary N) is 4. The van der Waals surface area contributed by atoms with Gasteiger partial charge in [-0.1, -0.05) is 6.08 Å².